The Bertz CT molecular complexity index is 722. The van der Waals surface area contributed by atoms with Crippen LogP contribution in [0, 0.1) is 26.6 Å². The van der Waals surface area contributed by atoms with Crippen molar-refractivity contribution in [3.05, 3.63) is 51.0 Å². The number of aromatic nitrogens is 1. The molecule has 1 aromatic heterocycles. The van der Waals surface area contributed by atoms with Crippen molar-refractivity contribution < 1.29 is 9.18 Å². The number of hydrogen-bond acceptors (Lipinski definition) is 1. The predicted octanol–water partition coefficient (Wildman–Crippen LogP) is 5.11. The summed E-state index contributed by atoms with van der Waals surface area (Å²) in [6, 6.07) is 5.03. The van der Waals surface area contributed by atoms with E-state index in [2.05, 4.69) is 15.9 Å². The molecule has 0 spiro atoms. The first-order valence-corrected chi connectivity index (χ1v) is 7.80. The molecule has 1 heterocycles. The van der Waals surface area contributed by atoms with Gasteiger partial charge in [-0.05, 0) is 67.4 Å². The fourth-order valence-electron chi connectivity index (χ4n) is 2.47. The molecule has 0 saturated carbocycles. The lowest BCUT2D eigenvalue weighted by molar-refractivity contribution is 0.0991. The summed E-state index contributed by atoms with van der Waals surface area (Å²) in [4.78, 5) is 12.2. The maximum absolute atomic E-state index is 13.6. The van der Waals surface area contributed by atoms with Crippen LogP contribution in [0.1, 0.15) is 34.2 Å². The van der Waals surface area contributed by atoms with Gasteiger partial charge in [0.2, 0.25) is 0 Å². The Morgan fingerprint density at radius 1 is 1.29 bits per heavy atom. The molecule has 0 bridgehead atoms. The molecular weight excluding hydrogens is 357 g/mol. The van der Waals surface area contributed by atoms with Gasteiger partial charge in [-0.2, -0.15) is 0 Å². The normalized spacial score (nSPS) is 12.5. The van der Waals surface area contributed by atoms with E-state index >= 15 is 0 Å². The Morgan fingerprint density at radius 3 is 2.48 bits per heavy atom. The molecule has 0 aliphatic carbocycles. The fourth-order valence-corrected chi connectivity index (χ4v) is 2.92. The monoisotopic (exact) mass is 371 g/mol. The largest absolute Gasteiger partial charge is 0.317 e. The van der Waals surface area contributed by atoms with Crippen molar-refractivity contribution in [2.75, 3.05) is 0 Å². The van der Waals surface area contributed by atoms with Crippen molar-refractivity contribution in [1.82, 2.24) is 4.57 Å². The third-order valence-corrected chi connectivity index (χ3v) is 4.34. The summed E-state index contributed by atoms with van der Waals surface area (Å²) in [7, 11) is 0. The summed E-state index contributed by atoms with van der Waals surface area (Å²) < 4.78 is 15.9. The number of hydrogen-bond donors (Lipinski definition) is 0. The number of benzene rings is 1. The predicted molar refractivity (Wildman–Crippen MR) is 87.3 cm³/mol. The highest BCUT2D eigenvalue weighted by Crippen LogP contribution is 2.28. The molecule has 1 atom stereocenters. The van der Waals surface area contributed by atoms with Gasteiger partial charge in [-0.15, -0.1) is 11.6 Å². The van der Waals surface area contributed by atoms with Crippen LogP contribution in [-0.2, 0) is 0 Å². The van der Waals surface area contributed by atoms with Crippen LogP contribution >= 0.6 is 27.5 Å². The number of aryl methyl sites for hydroxylation is 2. The Morgan fingerprint density at radius 2 is 1.90 bits per heavy atom. The van der Waals surface area contributed by atoms with E-state index in [0.29, 0.717) is 10.0 Å². The summed E-state index contributed by atoms with van der Waals surface area (Å²) in [6.45, 7) is 7.29. The zero-order valence-electron chi connectivity index (χ0n) is 12.3. The highest BCUT2D eigenvalue weighted by molar-refractivity contribution is 9.10. The van der Waals surface area contributed by atoms with Gasteiger partial charge in [-0.3, -0.25) is 4.79 Å². The zero-order chi connectivity index (χ0) is 15.9. The van der Waals surface area contributed by atoms with Crippen molar-refractivity contribution in [2.45, 2.75) is 33.1 Å². The maximum Gasteiger partial charge on any atom is 0.182 e. The minimum Gasteiger partial charge on any atom is -0.317 e. The molecule has 0 aliphatic rings. The van der Waals surface area contributed by atoms with Crippen LogP contribution in [0.25, 0.3) is 5.69 Å². The van der Waals surface area contributed by atoms with E-state index in [1.807, 2.05) is 31.4 Å². The van der Waals surface area contributed by atoms with Crippen LogP contribution in [0.2, 0.25) is 0 Å². The number of ketones is 1. The molecule has 21 heavy (non-hydrogen) atoms. The van der Waals surface area contributed by atoms with Crippen molar-refractivity contribution in [2.24, 2.45) is 0 Å². The number of carbonyl (C=O) groups excluding carboxylic acids is 1. The van der Waals surface area contributed by atoms with E-state index in [1.165, 1.54) is 6.07 Å². The van der Waals surface area contributed by atoms with Crippen LogP contribution < -0.4 is 0 Å². The first-order chi connectivity index (χ1) is 9.73. The molecule has 2 nitrogen and oxygen atoms in total. The molecule has 5 heteroatoms. The minimum absolute atomic E-state index is 0.102. The highest BCUT2D eigenvalue weighted by Gasteiger charge is 2.21. The average Bonchev–Trinajstić information content (AvgIpc) is 2.68. The lowest BCUT2D eigenvalue weighted by Crippen LogP contribution is -2.12. The third kappa shape index (κ3) is 2.92. The lowest BCUT2D eigenvalue weighted by atomic mass is 10.1. The van der Waals surface area contributed by atoms with Gasteiger partial charge in [-0.25, -0.2) is 4.39 Å². The Hall–Kier alpha value is -1.13. The second-order valence-electron chi connectivity index (χ2n) is 5.15. The van der Waals surface area contributed by atoms with Crippen molar-refractivity contribution in [3.8, 4) is 5.69 Å². The van der Waals surface area contributed by atoms with Crippen LogP contribution in [-0.4, -0.2) is 15.7 Å². The summed E-state index contributed by atoms with van der Waals surface area (Å²) in [5, 5.41) is -0.569. The zero-order valence-corrected chi connectivity index (χ0v) is 14.6. The molecule has 0 N–H and O–H groups in total. The standard InChI is InChI=1S/C16H16BrClFNO/c1-8-5-14(19)13(17)7-15(8)20-9(2)6-12(11(20)4)16(21)10(3)18/h5-7,10H,1-4H3. The van der Waals surface area contributed by atoms with Crippen LogP contribution in [0.4, 0.5) is 4.39 Å². The molecule has 0 fully saturated rings. The third-order valence-electron chi connectivity index (χ3n) is 3.54. The molecule has 0 saturated heterocycles. The van der Waals surface area contributed by atoms with Gasteiger partial charge < -0.3 is 4.57 Å². The van der Waals surface area contributed by atoms with Gasteiger partial charge in [-0.1, -0.05) is 0 Å². The van der Waals surface area contributed by atoms with E-state index in [4.69, 9.17) is 11.6 Å². The molecule has 0 aliphatic heterocycles. The van der Waals surface area contributed by atoms with E-state index in [0.717, 1.165) is 22.6 Å². The van der Waals surface area contributed by atoms with Gasteiger partial charge >= 0.3 is 0 Å². The van der Waals surface area contributed by atoms with Crippen LogP contribution in [0.15, 0.2) is 22.7 Å². The molecule has 1 aromatic carbocycles. The Kier molecular flexibility index (Phi) is 4.59. The number of halogens is 3. The van der Waals surface area contributed by atoms with E-state index < -0.39 is 5.38 Å². The number of Topliss-reactive ketones (excluding diaryl/α,β-unsaturated/α-hetero) is 1. The molecule has 2 rings (SSSR count). The molecule has 112 valence electrons. The molecule has 2 aromatic rings. The van der Waals surface area contributed by atoms with Crippen molar-refractivity contribution in [1.29, 1.82) is 0 Å². The number of rotatable bonds is 3. The summed E-state index contributed by atoms with van der Waals surface area (Å²) in [6.07, 6.45) is 0. The first-order valence-electron chi connectivity index (χ1n) is 6.57. The van der Waals surface area contributed by atoms with Crippen molar-refractivity contribution in [3.63, 3.8) is 0 Å². The minimum atomic E-state index is -0.569. The topological polar surface area (TPSA) is 22.0 Å². The first kappa shape index (κ1) is 16.2. The molecular formula is C16H16BrClFNO. The second kappa shape index (κ2) is 5.93. The SMILES string of the molecule is Cc1cc(F)c(Br)cc1-n1c(C)cc(C(=O)C(C)Cl)c1C. The fraction of sp³-hybridized carbons (Fsp3) is 0.312. The average molecular weight is 373 g/mol. The van der Waals surface area contributed by atoms with E-state index in [9.17, 15) is 9.18 Å². The van der Waals surface area contributed by atoms with Crippen LogP contribution in [0.5, 0.6) is 0 Å². The van der Waals surface area contributed by atoms with Crippen molar-refractivity contribution >= 4 is 33.3 Å². The van der Waals surface area contributed by atoms with Crippen LogP contribution in [0.3, 0.4) is 0 Å². The quantitative estimate of drug-likeness (QED) is 0.542. The molecule has 0 amide bonds. The molecule has 1 unspecified atom stereocenters. The molecule has 0 radical (unpaired) electrons. The smallest absolute Gasteiger partial charge is 0.182 e. The van der Waals surface area contributed by atoms with E-state index in [1.54, 1.807) is 13.0 Å². The highest BCUT2D eigenvalue weighted by atomic mass is 79.9. The number of carbonyl (C=O) groups is 1. The maximum atomic E-state index is 13.6. The summed E-state index contributed by atoms with van der Waals surface area (Å²) in [5.74, 6) is -0.403. The van der Waals surface area contributed by atoms with E-state index in [-0.39, 0.29) is 11.6 Å². The number of alkyl halides is 1. The van der Waals surface area contributed by atoms with Gasteiger partial charge in [0.1, 0.15) is 5.82 Å². The Balaban J connectivity index is 2.66. The lowest BCUT2D eigenvalue weighted by Gasteiger charge is -2.14. The van der Waals surface area contributed by atoms with Gasteiger partial charge in [0, 0.05) is 22.6 Å². The van der Waals surface area contributed by atoms with Gasteiger partial charge in [0.05, 0.1) is 9.85 Å². The Labute approximate surface area is 137 Å². The second-order valence-corrected chi connectivity index (χ2v) is 6.66. The number of nitrogens with zero attached hydrogens (tertiary/aromatic N) is 1. The summed E-state index contributed by atoms with van der Waals surface area (Å²) >= 11 is 9.11. The van der Waals surface area contributed by atoms with Gasteiger partial charge in [0.15, 0.2) is 5.78 Å². The summed E-state index contributed by atoms with van der Waals surface area (Å²) in [5.41, 5.74) is 3.98. The van der Waals surface area contributed by atoms with Gasteiger partial charge in [0.25, 0.3) is 0 Å².